The van der Waals surface area contributed by atoms with Gasteiger partial charge in [-0.3, -0.25) is 0 Å². The van der Waals surface area contributed by atoms with Gasteiger partial charge in [-0.1, -0.05) is 61.0 Å². The van der Waals surface area contributed by atoms with Gasteiger partial charge in [0.15, 0.2) is 6.10 Å². The van der Waals surface area contributed by atoms with Gasteiger partial charge in [-0.25, -0.2) is 4.79 Å². The number of nitrogens with one attached hydrogen (secondary N) is 1. The molecule has 212 valence electrons. The number of carbonyl (C=O) groups is 1. The van der Waals surface area contributed by atoms with Crippen molar-refractivity contribution < 1.29 is 29.6 Å². The van der Waals surface area contributed by atoms with Crippen LogP contribution in [0.1, 0.15) is 75.7 Å². The van der Waals surface area contributed by atoms with Gasteiger partial charge in [-0.2, -0.15) is 0 Å². The molecule has 0 spiro atoms. The van der Waals surface area contributed by atoms with Crippen LogP contribution < -0.4 is 5.32 Å². The fourth-order valence-corrected chi connectivity index (χ4v) is 9.80. The zero-order valence-corrected chi connectivity index (χ0v) is 24.8. The smallest absolute Gasteiger partial charge is 0.337 e. The van der Waals surface area contributed by atoms with Crippen molar-refractivity contribution in [2.75, 3.05) is 13.7 Å². The molecule has 4 N–H and O–H groups in total. The van der Waals surface area contributed by atoms with Crippen molar-refractivity contribution in [2.45, 2.75) is 111 Å². The second kappa shape index (κ2) is 9.02. The van der Waals surface area contributed by atoms with Gasteiger partial charge < -0.3 is 30.1 Å². The SMILES string of the molecule is CNC(C)C(O)C(=O)OC1C(C)=C2[C@@H](C)C(C)[C@]3(C)C(C)CC4OCC4(O)C3C(C)C(O)([C@H]1C)C2(C)C. The molecule has 7 heteroatoms. The molecular weight excluding hydrogens is 470 g/mol. The summed E-state index contributed by atoms with van der Waals surface area (Å²) >= 11 is 0. The lowest BCUT2D eigenvalue weighted by atomic mass is 9.38. The number of likely N-dealkylation sites (N-methyl/N-ethyl adjacent to an activating group) is 1. The monoisotopic (exact) mass is 521 g/mol. The lowest BCUT2D eigenvalue weighted by Crippen LogP contribution is -2.77. The third-order valence-electron chi connectivity index (χ3n) is 12.4. The molecule has 0 radical (unpaired) electrons. The van der Waals surface area contributed by atoms with Crippen molar-refractivity contribution in [1.82, 2.24) is 5.32 Å². The number of esters is 1. The minimum atomic E-state index is -1.31. The maximum Gasteiger partial charge on any atom is 0.337 e. The van der Waals surface area contributed by atoms with E-state index in [-0.39, 0.29) is 41.8 Å². The average Bonchev–Trinajstić information content (AvgIpc) is 2.84. The van der Waals surface area contributed by atoms with Crippen LogP contribution in [0, 0.1) is 46.3 Å². The van der Waals surface area contributed by atoms with Crippen LogP contribution >= 0.6 is 0 Å². The lowest BCUT2D eigenvalue weighted by molar-refractivity contribution is -0.346. The van der Waals surface area contributed by atoms with E-state index >= 15 is 0 Å². The van der Waals surface area contributed by atoms with E-state index in [9.17, 15) is 20.1 Å². The standard InChI is InChI=1S/C30H51NO6/c1-14-12-21-29(34,13-36-21)25-19(6)30(35)18(5)24(37-26(33)23(32)20(7)31-11)16(3)22(27(30,8)9)15(2)17(4)28(14,25)10/h14-15,17-21,23-25,31-32,34-35H,12-13H2,1-11H3/t14?,15-,17?,18-,19?,20?,21?,23?,24?,25?,28-,29?,30?/m0/s1. The topological polar surface area (TPSA) is 108 Å². The summed E-state index contributed by atoms with van der Waals surface area (Å²) in [5.41, 5.74) is -1.03. The van der Waals surface area contributed by atoms with Crippen LogP contribution in [0.3, 0.4) is 0 Å². The number of carbonyl (C=O) groups excluding carboxylic acids is 1. The van der Waals surface area contributed by atoms with Gasteiger partial charge in [0.25, 0.3) is 0 Å². The highest BCUT2D eigenvalue weighted by Crippen LogP contribution is 2.69. The molecule has 4 aliphatic rings. The Balaban J connectivity index is 1.91. The van der Waals surface area contributed by atoms with Crippen LogP contribution in [-0.2, 0) is 14.3 Å². The van der Waals surface area contributed by atoms with Crippen LogP contribution in [0.25, 0.3) is 0 Å². The Hall–Kier alpha value is -0.990. The molecular formula is C30H51NO6. The highest BCUT2D eigenvalue weighted by Gasteiger charge is 2.73. The van der Waals surface area contributed by atoms with Crippen molar-refractivity contribution in [3.63, 3.8) is 0 Å². The molecule has 1 heterocycles. The van der Waals surface area contributed by atoms with Crippen molar-refractivity contribution >= 4 is 5.97 Å². The maximum absolute atomic E-state index is 13.1. The number of hydrogen-bond donors (Lipinski definition) is 4. The van der Waals surface area contributed by atoms with Crippen molar-refractivity contribution in [3.8, 4) is 0 Å². The second-order valence-corrected chi connectivity index (χ2v) is 13.9. The van der Waals surface area contributed by atoms with Gasteiger partial charge in [0.2, 0.25) is 0 Å². The predicted molar refractivity (Wildman–Crippen MR) is 143 cm³/mol. The number of ether oxygens (including phenoxy) is 2. The number of aliphatic hydroxyl groups is 3. The predicted octanol–water partition coefficient (Wildman–Crippen LogP) is 3.30. The van der Waals surface area contributed by atoms with Crippen molar-refractivity contribution in [1.29, 1.82) is 0 Å². The molecule has 13 atom stereocenters. The Morgan fingerprint density at radius 3 is 2.19 bits per heavy atom. The summed E-state index contributed by atoms with van der Waals surface area (Å²) in [6, 6.07) is -0.462. The van der Waals surface area contributed by atoms with Crippen LogP contribution in [-0.4, -0.2) is 70.5 Å². The Kier molecular flexibility index (Phi) is 7.07. The Morgan fingerprint density at radius 1 is 1.08 bits per heavy atom. The highest BCUT2D eigenvalue weighted by molar-refractivity contribution is 5.75. The quantitative estimate of drug-likeness (QED) is 0.332. The van der Waals surface area contributed by atoms with Crippen LogP contribution in [0.4, 0.5) is 0 Å². The van der Waals surface area contributed by atoms with Crippen LogP contribution in [0.15, 0.2) is 11.1 Å². The van der Waals surface area contributed by atoms with E-state index in [1.807, 2.05) is 13.8 Å². The first-order chi connectivity index (χ1) is 16.9. The molecule has 1 saturated heterocycles. The van der Waals surface area contributed by atoms with Crippen molar-refractivity contribution in [3.05, 3.63) is 11.1 Å². The summed E-state index contributed by atoms with van der Waals surface area (Å²) in [4.78, 5) is 13.1. The summed E-state index contributed by atoms with van der Waals surface area (Å²) in [5, 5.41) is 38.6. The van der Waals surface area contributed by atoms with E-state index in [1.165, 1.54) is 0 Å². The van der Waals surface area contributed by atoms with Crippen LogP contribution in [0.5, 0.6) is 0 Å². The number of rotatable bonds is 4. The van der Waals surface area contributed by atoms with E-state index in [4.69, 9.17) is 9.47 Å². The summed E-state index contributed by atoms with van der Waals surface area (Å²) in [6.45, 7) is 21.4. The summed E-state index contributed by atoms with van der Waals surface area (Å²) in [5.74, 6) is -1.05. The average molecular weight is 522 g/mol. The molecule has 1 aliphatic heterocycles. The zero-order chi connectivity index (χ0) is 28.0. The largest absolute Gasteiger partial charge is 0.455 e. The normalized spacial score (nSPS) is 50.5. The molecule has 10 unspecified atom stereocenters. The van der Waals surface area contributed by atoms with Gasteiger partial charge in [-0.05, 0) is 62.0 Å². The van der Waals surface area contributed by atoms with Crippen LogP contribution in [0.2, 0.25) is 0 Å². The molecule has 4 rings (SSSR count). The lowest BCUT2D eigenvalue weighted by Gasteiger charge is -2.71. The zero-order valence-electron chi connectivity index (χ0n) is 24.8. The van der Waals surface area contributed by atoms with Gasteiger partial charge in [-0.15, -0.1) is 0 Å². The first kappa shape index (κ1) is 29.0. The molecule has 0 aromatic carbocycles. The minimum Gasteiger partial charge on any atom is -0.455 e. The fraction of sp³-hybridized carbons (Fsp3) is 0.900. The Bertz CT molecular complexity index is 964. The third kappa shape index (κ3) is 3.53. The van der Waals surface area contributed by atoms with Gasteiger partial charge in [0.05, 0.1) is 18.3 Å². The van der Waals surface area contributed by atoms with E-state index in [1.54, 1.807) is 14.0 Å². The fourth-order valence-electron chi connectivity index (χ4n) is 9.80. The first-order valence-corrected chi connectivity index (χ1v) is 14.3. The second-order valence-electron chi connectivity index (χ2n) is 13.9. The molecule has 37 heavy (non-hydrogen) atoms. The first-order valence-electron chi connectivity index (χ1n) is 14.3. The number of hydrogen-bond acceptors (Lipinski definition) is 7. The summed E-state index contributed by atoms with van der Waals surface area (Å²) in [7, 11) is 1.69. The summed E-state index contributed by atoms with van der Waals surface area (Å²) < 4.78 is 12.0. The van der Waals surface area contributed by atoms with Gasteiger partial charge >= 0.3 is 5.97 Å². The molecule has 7 nitrogen and oxygen atoms in total. The molecule has 2 saturated carbocycles. The molecule has 0 amide bonds. The third-order valence-corrected chi connectivity index (χ3v) is 12.4. The van der Waals surface area contributed by atoms with E-state index < -0.39 is 46.8 Å². The van der Waals surface area contributed by atoms with E-state index in [0.29, 0.717) is 5.92 Å². The number of fused-ring (bicyclic) bond motifs is 5. The highest BCUT2D eigenvalue weighted by atomic mass is 16.6. The molecule has 0 aromatic heterocycles. The Morgan fingerprint density at radius 2 is 1.68 bits per heavy atom. The molecule has 2 bridgehead atoms. The molecule has 0 aromatic rings. The van der Waals surface area contributed by atoms with E-state index in [2.05, 4.69) is 53.8 Å². The van der Waals surface area contributed by atoms with E-state index in [0.717, 1.165) is 17.6 Å². The molecule has 3 fully saturated rings. The van der Waals surface area contributed by atoms with Gasteiger partial charge in [0.1, 0.15) is 11.7 Å². The Labute approximate surface area is 223 Å². The number of aliphatic hydroxyl groups excluding tert-OH is 1. The maximum atomic E-state index is 13.1. The minimum absolute atomic E-state index is 0.0833. The van der Waals surface area contributed by atoms with Crippen molar-refractivity contribution in [2.24, 2.45) is 46.3 Å². The summed E-state index contributed by atoms with van der Waals surface area (Å²) in [6.07, 6.45) is -1.40. The molecule has 3 aliphatic carbocycles. The van der Waals surface area contributed by atoms with Gasteiger partial charge in [0, 0.05) is 23.3 Å².